The van der Waals surface area contributed by atoms with Crippen molar-refractivity contribution >= 4 is 11.4 Å². The second kappa shape index (κ2) is 9.69. The van der Waals surface area contributed by atoms with Crippen LogP contribution in [0.5, 0.6) is 0 Å². The molecule has 29 heavy (non-hydrogen) atoms. The predicted octanol–water partition coefficient (Wildman–Crippen LogP) is 5.97. The van der Waals surface area contributed by atoms with Gasteiger partial charge in [0.2, 0.25) is 0 Å². The van der Waals surface area contributed by atoms with Crippen molar-refractivity contribution in [1.82, 2.24) is 0 Å². The molecule has 0 radical (unpaired) electrons. The molecule has 0 saturated carbocycles. The summed E-state index contributed by atoms with van der Waals surface area (Å²) in [4.78, 5) is 10.6. The number of rotatable bonds is 7. The molecule has 0 aliphatic rings. The Morgan fingerprint density at radius 2 is 1.45 bits per heavy atom. The largest absolute Gasteiger partial charge is 0.399 e. The van der Waals surface area contributed by atoms with Crippen LogP contribution < -0.4 is 0 Å². The number of nitrogens with zero attached hydrogens (tertiary/aromatic N) is 2. The number of benzene rings is 3. The van der Waals surface area contributed by atoms with E-state index in [9.17, 15) is 0 Å². The van der Waals surface area contributed by atoms with Crippen molar-refractivity contribution in [3.63, 3.8) is 0 Å². The second-order valence-electron chi connectivity index (χ2n) is 6.85. The van der Waals surface area contributed by atoms with Crippen LogP contribution in [0.4, 0.5) is 0 Å². The van der Waals surface area contributed by atoms with Crippen LogP contribution in [0, 0.1) is 6.92 Å². The summed E-state index contributed by atoms with van der Waals surface area (Å²) in [5.74, 6) is 0. The van der Waals surface area contributed by atoms with E-state index in [-0.39, 0.29) is 0 Å². The highest BCUT2D eigenvalue weighted by Crippen LogP contribution is 2.20. The minimum atomic E-state index is 0.373. The third-order valence-corrected chi connectivity index (χ3v) is 4.85. The predicted molar refractivity (Wildman–Crippen MR) is 119 cm³/mol. The monoisotopic (exact) mass is 386 g/mol. The standard InChI is InChI=1S/C25H26N2O2/c1-18-9-8-12-24(20(3)26-28-4)25(18)17-29-27-19(2)21-13-15-23(16-14-21)22-10-6-5-7-11-22/h5-16H,17H2,1-4H3/b26-20-,27-19+. The minimum absolute atomic E-state index is 0.373. The third-order valence-electron chi connectivity index (χ3n) is 4.85. The van der Waals surface area contributed by atoms with Gasteiger partial charge in [-0.2, -0.15) is 0 Å². The van der Waals surface area contributed by atoms with Gasteiger partial charge in [0.15, 0.2) is 0 Å². The molecule has 0 heterocycles. The Morgan fingerprint density at radius 1 is 0.759 bits per heavy atom. The molecular weight excluding hydrogens is 360 g/mol. The van der Waals surface area contributed by atoms with Crippen LogP contribution >= 0.6 is 0 Å². The van der Waals surface area contributed by atoms with Crippen molar-refractivity contribution in [1.29, 1.82) is 0 Å². The lowest BCUT2D eigenvalue weighted by atomic mass is 10.00. The lowest BCUT2D eigenvalue weighted by Crippen LogP contribution is -2.05. The summed E-state index contributed by atoms with van der Waals surface area (Å²) in [6, 6.07) is 24.7. The summed E-state index contributed by atoms with van der Waals surface area (Å²) in [6.07, 6.45) is 0. The highest BCUT2D eigenvalue weighted by Gasteiger charge is 2.10. The summed E-state index contributed by atoms with van der Waals surface area (Å²) < 4.78 is 0. The Kier molecular flexibility index (Phi) is 6.80. The lowest BCUT2D eigenvalue weighted by Gasteiger charge is -2.11. The molecule has 0 N–H and O–H groups in total. The van der Waals surface area contributed by atoms with Gasteiger partial charge in [0.1, 0.15) is 13.7 Å². The highest BCUT2D eigenvalue weighted by molar-refractivity contribution is 6.00. The van der Waals surface area contributed by atoms with Crippen molar-refractivity contribution in [2.24, 2.45) is 10.3 Å². The van der Waals surface area contributed by atoms with Crippen LogP contribution in [-0.4, -0.2) is 18.5 Å². The number of hydrogen-bond donors (Lipinski definition) is 0. The summed E-state index contributed by atoms with van der Waals surface area (Å²) in [6.45, 7) is 6.30. The van der Waals surface area contributed by atoms with E-state index in [0.29, 0.717) is 6.61 Å². The van der Waals surface area contributed by atoms with Crippen molar-refractivity contribution in [2.75, 3.05) is 7.11 Å². The summed E-state index contributed by atoms with van der Waals surface area (Å²) >= 11 is 0. The maximum absolute atomic E-state index is 5.69. The number of aryl methyl sites for hydroxylation is 1. The Labute approximate surface area is 172 Å². The molecule has 4 nitrogen and oxygen atoms in total. The van der Waals surface area contributed by atoms with E-state index in [1.807, 2.05) is 44.2 Å². The molecule has 4 heteroatoms. The molecule has 3 aromatic rings. The van der Waals surface area contributed by atoms with E-state index in [0.717, 1.165) is 33.7 Å². The molecule has 3 rings (SSSR count). The second-order valence-corrected chi connectivity index (χ2v) is 6.85. The van der Waals surface area contributed by atoms with Crippen molar-refractivity contribution in [3.8, 4) is 11.1 Å². The maximum Gasteiger partial charge on any atom is 0.143 e. The number of oxime groups is 2. The Balaban J connectivity index is 1.72. The lowest BCUT2D eigenvalue weighted by molar-refractivity contribution is 0.130. The van der Waals surface area contributed by atoms with E-state index in [4.69, 9.17) is 9.68 Å². The number of hydrogen-bond acceptors (Lipinski definition) is 4. The SMILES string of the molecule is CO/N=C(/C)c1cccc(C)c1CO/N=C(\C)c1ccc(-c2ccccc2)cc1. The van der Waals surface area contributed by atoms with Crippen LogP contribution in [0.3, 0.4) is 0 Å². The van der Waals surface area contributed by atoms with Crippen LogP contribution in [0.1, 0.15) is 36.1 Å². The molecular formula is C25H26N2O2. The molecule has 0 atom stereocenters. The molecule has 0 unspecified atom stereocenters. The van der Waals surface area contributed by atoms with Gasteiger partial charge in [-0.15, -0.1) is 0 Å². The zero-order valence-corrected chi connectivity index (χ0v) is 17.3. The normalized spacial score (nSPS) is 12.0. The van der Waals surface area contributed by atoms with E-state index < -0.39 is 0 Å². The highest BCUT2D eigenvalue weighted by atomic mass is 16.6. The molecule has 0 fully saturated rings. The van der Waals surface area contributed by atoms with Crippen LogP contribution in [0.15, 0.2) is 83.1 Å². The fourth-order valence-electron chi connectivity index (χ4n) is 3.20. The molecule has 0 saturated heterocycles. The average Bonchev–Trinajstić information content (AvgIpc) is 2.75. The molecule has 0 aliphatic carbocycles. The molecule has 3 aromatic carbocycles. The molecule has 0 amide bonds. The zero-order chi connectivity index (χ0) is 20.6. The smallest absolute Gasteiger partial charge is 0.143 e. The van der Waals surface area contributed by atoms with Gasteiger partial charge < -0.3 is 9.68 Å². The van der Waals surface area contributed by atoms with Crippen molar-refractivity contribution in [2.45, 2.75) is 27.4 Å². The molecule has 148 valence electrons. The topological polar surface area (TPSA) is 43.2 Å². The first-order chi connectivity index (χ1) is 14.1. The minimum Gasteiger partial charge on any atom is -0.399 e. The van der Waals surface area contributed by atoms with E-state index in [1.165, 1.54) is 11.1 Å². The van der Waals surface area contributed by atoms with Gasteiger partial charge in [0, 0.05) is 11.1 Å². The van der Waals surface area contributed by atoms with Crippen LogP contribution in [0.25, 0.3) is 11.1 Å². The quantitative estimate of drug-likeness (QED) is 0.371. The Morgan fingerprint density at radius 3 is 2.14 bits per heavy atom. The van der Waals surface area contributed by atoms with Gasteiger partial charge in [0.05, 0.1) is 11.4 Å². The van der Waals surface area contributed by atoms with Gasteiger partial charge in [-0.3, -0.25) is 0 Å². The van der Waals surface area contributed by atoms with Crippen LogP contribution in [0.2, 0.25) is 0 Å². The van der Waals surface area contributed by atoms with E-state index >= 15 is 0 Å². The molecule has 0 bridgehead atoms. The summed E-state index contributed by atoms with van der Waals surface area (Å²) in [5, 5.41) is 8.37. The zero-order valence-electron chi connectivity index (χ0n) is 17.3. The fraction of sp³-hybridized carbons (Fsp3) is 0.200. The van der Waals surface area contributed by atoms with Gasteiger partial charge >= 0.3 is 0 Å². The van der Waals surface area contributed by atoms with Gasteiger partial charge in [-0.1, -0.05) is 83.1 Å². The first-order valence-electron chi connectivity index (χ1n) is 9.59. The molecule has 0 spiro atoms. The maximum atomic E-state index is 5.69. The summed E-state index contributed by atoms with van der Waals surface area (Å²) in [7, 11) is 1.55. The van der Waals surface area contributed by atoms with Gasteiger partial charge in [0.25, 0.3) is 0 Å². The molecule has 0 aliphatic heterocycles. The first kappa shape index (κ1) is 20.3. The average molecular weight is 386 g/mol. The van der Waals surface area contributed by atoms with E-state index in [1.54, 1.807) is 7.11 Å². The Hall–Kier alpha value is -3.40. The first-order valence-corrected chi connectivity index (χ1v) is 9.59. The Bertz CT molecular complexity index is 1010. The summed E-state index contributed by atoms with van der Waals surface area (Å²) in [5.41, 5.74) is 8.26. The van der Waals surface area contributed by atoms with Gasteiger partial charge in [-0.05, 0) is 43.0 Å². The molecule has 0 aromatic heterocycles. The van der Waals surface area contributed by atoms with Crippen LogP contribution in [-0.2, 0) is 16.3 Å². The van der Waals surface area contributed by atoms with Gasteiger partial charge in [-0.25, -0.2) is 0 Å². The van der Waals surface area contributed by atoms with E-state index in [2.05, 4.69) is 59.7 Å². The third kappa shape index (κ3) is 5.11. The van der Waals surface area contributed by atoms with Crippen molar-refractivity contribution in [3.05, 3.63) is 95.1 Å². The van der Waals surface area contributed by atoms with Crippen molar-refractivity contribution < 1.29 is 9.68 Å². The fourth-order valence-corrected chi connectivity index (χ4v) is 3.20.